The molecule has 11 heteroatoms. The number of hydrogen-bond donors (Lipinski definition) is 1. The van der Waals surface area contributed by atoms with Crippen LogP contribution in [0.3, 0.4) is 0 Å². The van der Waals surface area contributed by atoms with Crippen molar-refractivity contribution in [3.8, 4) is 0 Å². The number of fused-ring (bicyclic) bond motifs is 1. The largest absolute Gasteiger partial charge is 0.338 e. The fourth-order valence-electron chi connectivity index (χ4n) is 4.19. The second-order valence-corrected chi connectivity index (χ2v) is 8.58. The van der Waals surface area contributed by atoms with Gasteiger partial charge in [-0.05, 0) is 36.6 Å². The number of rotatable bonds is 4. The summed E-state index contributed by atoms with van der Waals surface area (Å²) in [6.07, 6.45) is 1.31. The number of likely N-dealkylation sites (tertiary alicyclic amines) is 1. The summed E-state index contributed by atoms with van der Waals surface area (Å²) in [5.74, 6) is -2.06. The Kier molecular flexibility index (Phi) is 5.82. The van der Waals surface area contributed by atoms with Crippen LogP contribution in [-0.4, -0.2) is 48.9 Å². The van der Waals surface area contributed by atoms with Gasteiger partial charge in [-0.2, -0.15) is 0 Å². The lowest BCUT2D eigenvalue weighted by Gasteiger charge is -2.32. The first-order chi connectivity index (χ1) is 16.4. The van der Waals surface area contributed by atoms with Crippen LogP contribution >= 0.6 is 11.6 Å². The highest BCUT2D eigenvalue weighted by Crippen LogP contribution is 2.26. The SMILES string of the molecule is O=C(c1ccc(F)cc1F)N1CCC[C@@H](c2nc3c(nnn3Cc3ccccc3Cl)c(=O)[nH]2)C1. The van der Waals surface area contributed by atoms with Crippen LogP contribution in [-0.2, 0) is 6.54 Å². The monoisotopic (exact) mass is 484 g/mol. The van der Waals surface area contributed by atoms with Crippen molar-refractivity contribution in [3.05, 3.63) is 86.4 Å². The fraction of sp³-hybridized carbons (Fsp3) is 0.261. The maximum atomic E-state index is 14.1. The molecule has 0 bridgehead atoms. The molecular weight excluding hydrogens is 466 g/mol. The van der Waals surface area contributed by atoms with Crippen molar-refractivity contribution in [2.45, 2.75) is 25.3 Å². The molecule has 1 aliphatic rings. The number of amides is 1. The molecule has 1 saturated heterocycles. The summed E-state index contributed by atoms with van der Waals surface area (Å²) in [6.45, 7) is 0.936. The van der Waals surface area contributed by atoms with Crippen molar-refractivity contribution in [1.29, 1.82) is 0 Å². The lowest BCUT2D eigenvalue weighted by molar-refractivity contribution is 0.0699. The second kappa shape index (κ2) is 8.94. The lowest BCUT2D eigenvalue weighted by Crippen LogP contribution is -2.40. The minimum atomic E-state index is -0.908. The van der Waals surface area contributed by atoms with Gasteiger partial charge in [0, 0.05) is 30.1 Å². The van der Waals surface area contributed by atoms with E-state index in [1.54, 1.807) is 6.07 Å². The van der Waals surface area contributed by atoms with E-state index >= 15 is 0 Å². The zero-order valence-electron chi connectivity index (χ0n) is 17.8. The zero-order chi connectivity index (χ0) is 23.8. The van der Waals surface area contributed by atoms with E-state index in [0.29, 0.717) is 41.9 Å². The van der Waals surface area contributed by atoms with Gasteiger partial charge in [0.2, 0.25) is 0 Å². The summed E-state index contributed by atoms with van der Waals surface area (Å²) in [7, 11) is 0. The van der Waals surface area contributed by atoms with Gasteiger partial charge in [-0.25, -0.2) is 18.4 Å². The Morgan fingerprint density at radius 3 is 2.82 bits per heavy atom. The first-order valence-corrected chi connectivity index (χ1v) is 11.1. The first-order valence-electron chi connectivity index (χ1n) is 10.7. The number of carbonyl (C=O) groups is 1. The van der Waals surface area contributed by atoms with Crippen molar-refractivity contribution < 1.29 is 13.6 Å². The summed E-state index contributed by atoms with van der Waals surface area (Å²) in [4.78, 5) is 34.4. The molecule has 8 nitrogen and oxygen atoms in total. The summed E-state index contributed by atoms with van der Waals surface area (Å²) >= 11 is 6.26. The van der Waals surface area contributed by atoms with Gasteiger partial charge >= 0.3 is 0 Å². The molecule has 1 aliphatic heterocycles. The number of H-pyrrole nitrogens is 1. The molecule has 0 aliphatic carbocycles. The van der Waals surface area contributed by atoms with Crippen LogP contribution in [0.5, 0.6) is 0 Å². The predicted octanol–water partition coefficient (Wildman–Crippen LogP) is 3.51. The molecule has 0 radical (unpaired) electrons. The molecule has 1 amide bonds. The van der Waals surface area contributed by atoms with Crippen molar-refractivity contribution >= 4 is 28.7 Å². The molecule has 2 aromatic heterocycles. The summed E-state index contributed by atoms with van der Waals surface area (Å²) < 4.78 is 28.9. The van der Waals surface area contributed by atoms with Gasteiger partial charge in [-0.3, -0.25) is 9.59 Å². The fourth-order valence-corrected chi connectivity index (χ4v) is 4.38. The number of aromatic amines is 1. The average molecular weight is 485 g/mol. The van der Waals surface area contributed by atoms with Crippen LogP contribution < -0.4 is 5.56 Å². The smallest absolute Gasteiger partial charge is 0.281 e. The van der Waals surface area contributed by atoms with Crippen LogP contribution in [0.1, 0.15) is 40.5 Å². The molecule has 5 rings (SSSR count). The minimum Gasteiger partial charge on any atom is -0.338 e. The molecule has 0 saturated carbocycles. The third-order valence-electron chi connectivity index (χ3n) is 5.93. The van der Waals surface area contributed by atoms with Gasteiger partial charge in [0.25, 0.3) is 11.5 Å². The molecule has 34 heavy (non-hydrogen) atoms. The maximum absolute atomic E-state index is 14.1. The number of nitrogens with zero attached hydrogens (tertiary/aromatic N) is 5. The molecule has 0 spiro atoms. The van der Waals surface area contributed by atoms with E-state index in [1.807, 2.05) is 18.2 Å². The third kappa shape index (κ3) is 4.16. The Hall–Kier alpha value is -3.66. The Balaban J connectivity index is 1.44. The molecule has 174 valence electrons. The molecule has 1 fully saturated rings. The van der Waals surface area contributed by atoms with Crippen LogP contribution in [0, 0.1) is 11.6 Å². The zero-order valence-corrected chi connectivity index (χ0v) is 18.6. The number of hydrogen-bond acceptors (Lipinski definition) is 5. The number of aromatic nitrogens is 5. The van der Waals surface area contributed by atoms with Crippen molar-refractivity contribution in [2.75, 3.05) is 13.1 Å². The first kappa shape index (κ1) is 22.1. The second-order valence-electron chi connectivity index (χ2n) is 8.18. The Morgan fingerprint density at radius 1 is 1.21 bits per heavy atom. The lowest BCUT2D eigenvalue weighted by atomic mass is 9.96. The number of piperidine rings is 1. The van der Waals surface area contributed by atoms with E-state index in [1.165, 1.54) is 9.58 Å². The summed E-state index contributed by atoms with van der Waals surface area (Å²) in [5.41, 5.74) is 0.592. The van der Waals surface area contributed by atoms with E-state index in [0.717, 1.165) is 17.7 Å². The summed E-state index contributed by atoms with van der Waals surface area (Å²) in [6, 6.07) is 10.2. The quantitative estimate of drug-likeness (QED) is 0.478. The molecule has 4 aromatic rings. The van der Waals surface area contributed by atoms with Crippen molar-refractivity contribution in [1.82, 2.24) is 29.9 Å². The number of nitrogens with one attached hydrogen (secondary N) is 1. The molecular formula is C23H19ClF2N6O2. The van der Waals surface area contributed by atoms with Gasteiger partial charge in [-0.15, -0.1) is 5.10 Å². The van der Waals surface area contributed by atoms with Gasteiger partial charge in [0.1, 0.15) is 17.5 Å². The average Bonchev–Trinajstić information content (AvgIpc) is 3.23. The van der Waals surface area contributed by atoms with E-state index in [2.05, 4.69) is 20.3 Å². The highest BCUT2D eigenvalue weighted by Gasteiger charge is 2.29. The van der Waals surface area contributed by atoms with Crippen molar-refractivity contribution in [2.24, 2.45) is 0 Å². The molecule has 1 N–H and O–H groups in total. The highest BCUT2D eigenvalue weighted by molar-refractivity contribution is 6.31. The maximum Gasteiger partial charge on any atom is 0.281 e. The van der Waals surface area contributed by atoms with Gasteiger partial charge in [0.15, 0.2) is 11.2 Å². The normalized spacial score (nSPS) is 16.2. The van der Waals surface area contributed by atoms with Crippen LogP contribution in [0.4, 0.5) is 8.78 Å². The highest BCUT2D eigenvalue weighted by atomic mass is 35.5. The Morgan fingerprint density at radius 2 is 2.03 bits per heavy atom. The molecule has 1 atom stereocenters. The van der Waals surface area contributed by atoms with Crippen LogP contribution in [0.25, 0.3) is 11.2 Å². The van der Waals surface area contributed by atoms with Gasteiger partial charge < -0.3 is 9.88 Å². The van der Waals surface area contributed by atoms with E-state index in [-0.39, 0.29) is 30.1 Å². The van der Waals surface area contributed by atoms with E-state index < -0.39 is 23.1 Å². The number of halogens is 3. The van der Waals surface area contributed by atoms with Crippen LogP contribution in [0.15, 0.2) is 47.3 Å². The Labute approximate surface area is 197 Å². The topological polar surface area (TPSA) is 96.8 Å². The minimum absolute atomic E-state index is 0.105. The summed E-state index contributed by atoms with van der Waals surface area (Å²) in [5, 5.41) is 8.58. The third-order valence-corrected chi connectivity index (χ3v) is 6.30. The van der Waals surface area contributed by atoms with E-state index in [9.17, 15) is 18.4 Å². The number of benzene rings is 2. The number of carbonyl (C=O) groups excluding carboxylic acids is 1. The molecule has 3 heterocycles. The Bertz CT molecular complexity index is 1450. The predicted molar refractivity (Wildman–Crippen MR) is 121 cm³/mol. The van der Waals surface area contributed by atoms with Gasteiger partial charge in [-0.1, -0.05) is 35.0 Å². The molecule has 0 unspecified atom stereocenters. The van der Waals surface area contributed by atoms with Gasteiger partial charge in [0.05, 0.1) is 12.1 Å². The molecule has 2 aromatic carbocycles. The van der Waals surface area contributed by atoms with Crippen LogP contribution in [0.2, 0.25) is 5.02 Å². The standard InChI is InChI=1S/C23H19ClF2N6O2/c24-17-6-2-1-4-13(17)12-32-21-19(29-30-32)22(33)28-20(27-21)14-5-3-9-31(11-14)23(34)16-8-7-15(25)10-18(16)26/h1-2,4,6-8,10,14H,3,5,9,11-12H2,(H,27,28,33)/t14-/m1/s1. The van der Waals surface area contributed by atoms with E-state index in [4.69, 9.17) is 11.6 Å². The van der Waals surface area contributed by atoms with Crippen molar-refractivity contribution in [3.63, 3.8) is 0 Å².